The van der Waals surface area contributed by atoms with Crippen molar-refractivity contribution < 1.29 is 8.78 Å². The van der Waals surface area contributed by atoms with Gasteiger partial charge in [0.1, 0.15) is 11.6 Å². The third-order valence-corrected chi connectivity index (χ3v) is 3.00. The predicted molar refractivity (Wildman–Crippen MR) is 70.7 cm³/mol. The van der Waals surface area contributed by atoms with Gasteiger partial charge in [0, 0.05) is 24.5 Å². The van der Waals surface area contributed by atoms with Gasteiger partial charge >= 0.3 is 0 Å². The van der Waals surface area contributed by atoms with Gasteiger partial charge in [-0.15, -0.1) is 0 Å². The first-order chi connectivity index (χ1) is 9.15. The quantitative estimate of drug-likeness (QED) is 0.894. The molecule has 1 aromatic carbocycles. The average molecular weight is 262 g/mol. The Balaban J connectivity index is 1.89. The molecule has 0 saturated heterocycles. The van der Waals surface area contributed by atoms with Gasteiger partial charge in [0.15, 0.2) is 0 Å². The molecule has 0 amide bonds. The molecule has 100 valence electrons. The first-order valence-electron chi connectivity index (χ1n) is 6.23. The molecule has 0 radical (unpaired) electrons. The normalized spacial score (nSPS) is 12.4. The first kappa shape index (κ1) is 13.6. The summed E-state index contributed by atoms with van der Waals surface area (Å²) in [5.74, 6) is -1.09. The third-order valence-electron chi connectivity index (χ3n) is 3.00. The van der Waals surface area contributed by atoms with Crippen LogP contribution in [-0.4, -0.2) is 11.5 Å². The van der Waals surface area contributed by atoms with Crippen LogP contribution in [0.5, 0.6) is 0 Å². The summed E-state index contributed by atoms with van der Waals surface area (Å²) in [5.41, 5.74) is 1.80. The second kappa shape index (κ2) is 6.38. The third kappa shape index (κ3) is 4.10. The Morgan fingerprint density at radius 3 is 2.37 bits per heavy atom. The van der Waals surface area contributed by atoms with Crippen LogP contribution in [-0.2, 0) is 6.42 Å². The van der Waals surface area contributed by atoms with E-state index in [4.69, 9.17) is 0 Å². The molecule has 1 N–H and O–H groups in total. The van der Waals surface area contributed by atoms with Gasteiger partial charge in [0.25, 0.3) is 0 Å². The zero-order chi connectivity index (χ0) is 13.7. The van der Waals surface area contributed by atoms with Gasteiger partial charge in [-0.1, -0.05) is 0 Å². The number of nitrogens with one attached hydrogen (secondary N) is 1. The molecule has 4 heteroatoms. The molecular formula is C15H16F2N2. The molecule has 2 nitrogen and oxygen atoms in total. The second-order valence-electron chi connectivity index (χ2n) is 4.48. The highest BCUT2D eigenvalue weighted by molar-refractivity contribution is 5.21. The number of hydrogen-bond acceptors (Lipinski definition) is 2. The molecule has 1 aromatic heterocycles. The Bertz CT molecular complexity index is 509. The first-order valence-corrected chi connectivity index (χ1v) is 6.23. The average Bonchev–Trinajstić information content (AvgIpc) is 2.38. The number of halogens is 2. The van der Waals surface area contributed by atoms with Crippen LogP contribution >= 0.6 is 0 Å². The smallest absolute Gasteiger partial charge is 0.126 e. The van der Waals surface area contributed by atoms with Crippen molar-refractivity contribution >= 4 is 0 Å². The summed E-state index contributed by atoms with van der Waals surface area (Å²) in [5, 5.41) is 3.25. The van der Waals surface area contributed by atoms with Crippen LogP contribution < -0.4 is 5.32 Å². The molecule has 19 heavy (non-hydrogen) atoms. The van der Waals surface area contributed by atoms with Crippen LogP contribution in [0.2, 0.25) is 0 Å². The molecule has 0 aliphatic rings. The van der Waals surface area contributed by atoms with Gasteiger partial charge in [0.05, 0.1) is 0 Å². The number of hydrogen-bond donors (Lipinski definition) is 1. The van der Waals surface area contributed by atoms with Crippen LogP contribution in [0.15, 0.2) is 42.7 Å². The number of pyridine rings is 1. The van der Waals surface area contributed by atoms with E-state index < -0.39 is 11.6 Å². The van der Waals surface area contributed by atoms with Crippen molar-refractivity contribution in [1.82, 2.24) is 10.3 Å². The molecule has 0 bridgehead atoms. The maximum Gasteiger partial charge on any atom is 0.126 e. The predicted octanol–water partition coefficient (Wildman–Crippen LogP) is 3.25. The van der Waals surface area contributed by atoms with Crippen molar-refractivity contribution in [3.63, 3.8) is 0 Å². The fourth-order valence-corrected chi connectivity index (χ4v) is 1.93. The lowest BCUT2D eigenvalue weighted by Crippen LogP contribution is -2.21. The fraction of sp³-hybridized carbons (Fsp3) is 0.267. The molecule has 1 unspecified atom stereocenters. The van der Waals surface area contributed by atoms with Crippen molar-refractivity contribution in [3.05, 3.63) is 65.5 Å². The van der Waals surface area contributed by atoms with Crippen molar-refractivity contribution in [2.45, 2.75) is 19.4 Å². The Morgan fingerprint density at radius 2 is 1.74 bits per heavy atom. The lowest BCUT2D eigenvalue weighted by atomic mass is 10.1. The second-order valence-corrected chi connectivity index (χ2v) is 4.48. The van der Waals surface area contributed by atoms with E-state index in [-0.39, 0.29) is 6.04 Å². The molecule has 0 fully saturated rings. The number of aromatic nitrogens is 1. The largest absolute Gasteiger partial charge is 0.310 e. The molecule has 0 spiro atoms. The highest BCUT2D eigenvalue weighted by Gasteiger charge is 2.07. The van der Waals surface area contributed by atoms with Gasteiger partial charge in [-0.25, -0.2) is 8.78 Å². The van der Waals surface area contributed by atoms with E-state index in [1.54, 1.807) is 12.4 Å². The molecule has 0 aliphatic heterocycles. The lowest BCUT2D eigenvalue weighted by Gasteiger charge is -2.14. The van der Waals surface area contributed by atoms with Crippen molar-refractivity contribution in [2.24, 2.45) is 0 Å². The van der Waals surface area contributed by atoms with E-state index in [1.165, 1.54) is 17.7 Å². The number of rotatable bonds is 5. The highest BCUT2D eigenvalue weighted by Crippen LogP contribution is 2.15. The van der Waals surface area contributed by atoms with E-state index >= 15 is 0 Å². The minimum atomic E-state index is -0.544. The minimum absolute atomic E-state index is 0.0907. The maximum atomic E-state index is 13.1. The molecule has 0 saturated carbocycles. The van der Waals surface area contributed by atoms with Gasteiger partial charge in [-0.2, -0.15) is 0 Å². The maximum absolute atomic E-state index is 13.1. The van der Waals surface area contributed by atoms with Gasteiger partial charge in [-0.3, -0.25) is 4.98 Å². The van der Waals surface area contributed by atoms with E-state index in [0.29, 0.717) is 5.56 Å². The molecule has 2 aromatic rings. The summed E-state index contributed by atoms with van der Waals surface area (Å²) in [7, 11) is 0. The van der Waals surface area contributed by atoms with Crippen molar-refractivity contribution in [2.75, 3.05) is 6.54 Å². The Morgan fingerprint density at radius 1 is 1.11 bits per heavy atom. The lowest BCUT2D eigenvalue weighted by molar-refractivity contribution is 0.547. The highest BCUT2D eigenvalue weighted by atomic mass is 19.1. The molecule has 0 aliphatic carbocycles. The van der Waals surface area contributed by atoms with Crippen molar-refractivity contribution in [1.29, 1.82) is 0 Å². The standard InChI is InChI=1S/C15H16F2N2/c1-11(13-8-14(16)10-15(17)9-13)19-7-4-12-2-5-18-6-3-12/h2-3,5-6,8-11,19H,4,7H2,1H3. The zero-order valence-electron chi connectivity index (χ0n) is 10.7. The van der Waals surface area contributed by atoms with Crippen LogP contribution in [0.1, 0.15) is 24.1 Å². The summed E-state index contributed by atoms with van der Waals surface area (Å²) in [4.78, 5) is 3.95. The molecule has 1 heterocycles. The van der Waals surface area contributed by atoms with Gasteiger partial charge in [-0.05, 0) is 55.3 Å². The van der Waals surface area contributed by atoms with Crippen molar-refractivity contribution in [3.8, 4) is 0 Å². The monoisotopic (exact) mass is 262 g/mol. The van der Waals surface area contributed by atoms with Crippen LogP contribution in [0, 0.1) is 11.6 Å². The summed E-state index contributed by atoms with van der Waals surface area (Å²) >= 11 is 0. The molecular weight excluding hydrogens is 246 g/mol. The molecule has 1 atom stereocenters. The SMILES string of the molecule is CC(NCCc1ccncc1)c1cc(F)cc(F)c1. The van der Waals surface area contributed by atoms with Gasteiger partial charge < -0.3 is 5.32 Å². The van der Waals surface area contributed by atoms with E-state index in [9.17, 15) is 8.78 Å². The van der Waals surface area contributed by atoms with Gasteiger partial charge in [0.2, 0.25) is 0 Å². The summed E-state index contributed by atoms with van der Waals surface area (Å²) in [6.45, 7) is 2.63. The number of benzene rings is 1. The molecule has 2 rings (SSSR count). The fourth-order valence-electron chi connectivity index (χ4n) is 1.93. The summed E-state index contributed by atoms with van der Waals surface area (Å²) in [6.07, 6.45) is 4.35. The van der Waals surface area contributed by atoms with Crippen LogP contribution in [0.25, 0.3) is 0 Å². The van der Waals surface area contributed by atoms with E-state index in [0.717, 1.165) is 19.0 Å². The van der Waals surface area contributed by atoms with E-state index in [1.807, 2.05) is 19.1 Å². The summed E-state index contributed by atoms with van der Waals surface area (Å²) in [6, 6.07) is 7.41. The Labute approximate surface area is 111 Å². The number of nitrogens with zero attached hydrogens (tertiary/aromatic N) is 1. The van der Waals surface area contributed by atoms with Crippen LogP contribution in [0.4, 0.5) is 8.78 Å². The zero-order valence-corrected chi connectivity index (χ0v) is 10.7. The Kier molecular flexibility index (Phi) is 4.58. The van der Waals surface area contributed by atoms with Crippen LogP contribution in [0.3, 0.4) is 0 Å². The minimum Gasteiger partial charge on any atom is -0.310 e. The topological polar surface area (TPSA) is 24.9 Å². The van der Waals surface area contributed by atoms with E-state index in [2.05, 4.69) is 10.3 Å². The summed E-state index contributed by atoms with van der Waals surface area (Å²) < 4.78 is 26.2. The Hall–Kier alpha value is -1.81.